The molecule has 2 unspecified atom stereocenters. The molecule has 1 heterocycles. The van der Waals surface area contributed by atoms with Crippen molar-refractivity contribution in [2.45, 2.75) is 31.3 Å². The second-order valence-electron chi connectivity index (χ2n) is 6.11. The van der Waals surface area contributed by atoms with Gasteiger partial charge in [0, 0.05) is 12.1 Å². The normalized spacial score (nSPS) is 21.1. The van der Waals surface area contributed by atoms with Gasteiger partial charge in [-0.05, 0) is 49.5 Å². The highest BCUT2D eigenvalue weighted by Gasteiger charge is 2.25. The molecule has 1 fully saturated rings. The number of hydrogen-bond donors (Lipinski definition) is 2. The third-order valence-electron chi connectivity index (χ3n) is 4.61. The first kappa shape index (κ1) is 16.0. The molecule has 2 aromatic carbocycles. The van der Waals surface area contributed by atoms with Gasteiger partial charge >= 0.3 is 0 Å². The van der Waals surface area contributed by atoms with E-state index in [4.69, 9.17) is 4.74 Å². The Labute approximate surface area is 139 Å². The number of methoxy groups -OCH3 is 1. The van der Waals surface area contributed by atoms with Gasteiger partial charge in [-0.25, -0.2) is 0 Å². The zero-order valence-electron chi connectivity index (χ0n) is 13.8. The van der Waals surface area contributed by atoms with E-state index in [-0.39, 0.29) is 0 Å². The highest BCUT2D eigenvalue weighted by molar-refractivity contribution is 5.33. The third-order valence-corrected chi connectivity index (χ3v) is 4.61. The molecule has 23 heavy (non-hydrogen) atoms. The van der Waals surface area contributed by atoms with Gasteiger partial charge in [-0.2, -0.15) is 0 Å². The molecule has 0 saturated carbocycles. The molecule has 0 aromatic heterocycles. The van der Waals surface area contributed by atoms with Gasteiger partial charge < -0.3 is 15.4 Å². The molecule has 0 bridgehead atoms. The second-order valence-corrected chi connectivity index (χ2v) is 6.11. The minimum absolute atomic E-state index is 0.405. The third kappa shape index (κ3) is 4.12. The number of piperidine rings is 1. The molecule has 3 heteroatoms. The van der Waals surface area contributed by atoms with Crippen molar-refractivity contribution in [3.05, 3.63) is 65.7 Å². The predicted molar refractivity (Wildman–Crippen MR) is 94.9 cm³/mol. The van der Waals surface area contributed by atoms with E-state index in [9.17, 15) is 0 Å². The number of nitrogens with one attached hydrogen (secondary N) is 2. The van der Waals surface area contributed by atoms with Gasteiger partial charge in [0.2, 0.25) is 0 Å². The lowest BCUT2D eigenvalue weighted by atomic mass is 9.92. The Kier molecular flexibility index (Phi) is 5.67. The van der Waals surface area contributed by atoms with Crippen LogP contribution in [0.15, 0.2) is 54.6 Å². The molecular formula is C20H26N2O. The molecule has 1 saturated heterocycles. The minimum atomic E-state index is 0.405. The van der Waals surface area contributed by atoms with Gasteiger partial charge in [-0.3, -0.25) is 0 Å². The van der Waals surface area contributed by atoms with Crippen LogP contribution in [0.5, 0.6) is 5.75 Å². The molecule has 2 N–H and O–H groups in total. The Morgan fingerprint density at radius 1 is 1.09 bits per heavy atom. The van der Waals surface area contributed by atoms with E-state index in [1.807, 2.05) is 12.1 Å². The standard InChI is InChI=1S/C20H26N2O/c1-23-19-12-6-5-8-16(19)13-15-21-18-11-7-14-22-20(18)17-9-3-2-4-10-17/h2-6,8-10,12,18,20-22H,7,11,13-15H2,1H3. The largest absolute Gasteiger partial charge is 0.496 e. The average molecular weight is 310 g/mol. The molecule has 0 aliphatic carbocycles. The first-order chi connectivity index (χ1) is 11.4. The maximum absolute atomic E-state index is 5.44. The molecule has 0 spiro atoms. The van der Waals surface area contributed by atoms with Crippen molar-refractivity contribution in [2.75, 3.05) is 20.2 Å². The molecule has 122 valence electrons. The van der Waals surface area contributed by atoms with Crippen LogP contribution in [-0.4, -0.2) is 26.2 Å². The Balaban J connectivity index is 1.59. The zero-order chi connectivity index (χ0) is 15.9. The van der Waals surface area contributed by atoms with Gasteiger partial charge in [0.15, 0.2) is 0 Å². The number of benzene rings is 2. The summed E-state index contributed by atoms with van der Waals surface area (Å²) in [5.74, 6) is 0.982. The van der Waals surface area contributed by atoms with Crippen molar-refractivity contribution < 1.29 is 4.74 Å². The van der Waals surface area contributed by atoms with E-state index >= 15 is 0 Å². The minimum Gasteiger partial charge on any atom is -0.496 e. The van der Waals surface area contributed by atoms with E-state index in [0.717, 1.165) is 25.3 Å². The Morgan fingerprint density at radius 3 is 2.70 bits per heavy atom. The number of rotatable bonds is 6. The van der Waals surface area contributed by atoms with E-state index in [0.29, 0.717) is 12.1 Å². The lowest BCUT2D eigenvalue weighted by Gasteiger charge is -2.34. The molecule has 0 amide bonds. The maximum atomic E-state index is 5.44. The van der Waals surface area contributed by atoms with Crippen LogP contribution in [0.1, 0.15) is 30.0 Å². The molecule has 0 radical (unpaired) electrons. The van der Waals surface area contributed by atoms with Crippen molar-refractivity contribution in [1.82, 2.24) is 10.6 Å². The van der Waals surface area contributed by atoms with Crippen LogP contribution in [0.3, 0.4) is 0 Å². The Hall–Kier alpha value is -1.84. The fourth-order valence-electron chi connectivity index (χ4n) is 3.42. The molecule has 1 aliphatic heterocycles. The van der Waals surface area contributed by atoms with Crippen LogP contribution < -0.4 is 15.4 Å². The fraction of sp³-hybridized carbons (Fsp3) is 0.400. The van der Waals surface area contributed by atoms with Crippen LogP contribution in [0.4, 0.5) is 0 Å². The first-order valence-electron chi connectivity index (χ1n) is 8.52. The molecular weight excluding hydrogens is 284 g/mol. The lowest BCUT2D eigenvalue weighted by molar-refractivity contribution is 0.307. The summed E-state index contributed by atoms with van der Waals surface area (Å²) in [6.07, 6.45) is 3.44. The molecule has 3 nitrogen and oxygen atoms in total. The van der Waals surface area contributed by atoms with E-state index in [2.05, 4.69) is 53.1 Å². The summed E-state index contributed by atoms with van der Waals surface area (Å²) < 4.78 is 5.44. The highest BCUT2D eigenvalue weighted by Crippen LogP contribution is 2.24. The number of hydrogen-bond acceptors (Lipinski definition) is 3. The van der Waals surface area contributed by atoms with E-state index in [1.165, 1.54) is 24.0 Å². The van der Waals surface area contributed by atoms with Crippen molar-refractivity contribution in [3.8, 4) is 5.75 Å². The van der Waals surface area contributed by atoms with Crippen molar-refractivity contribution in [2.24, 2.45) is 0 Å². The monoisotopic (exact) mass is 310 g/mol. The van der Waals surface area contributed by atoms with Gasteiger partial charge in [-0.1, -0.05) is 48.5 Å². The summed E-state index contributed by atoms with van der Waals surface area (Å²) >= 11 is 0. The smallest absolute Gasteiger partial charge is 0.122 e. The van der Waals surface area contributed by atoms with E-state index < -0.39 is 0 Å². The quantitative estimate of drug-likeness (QED) is 0.859. The summed E-state index contributed by atoms with van der Waals surface area (Å²) in [4.78, 5) is 0. The molecule has 3 rings (SSSR count). The van der Waals surface area contributed by atoms with Crippen LogP contribution in [0, 0.1) is 0 Å². The zero-order valence-corrected chi connectivity index (χ0v) is 13.8. The summed E-state index contributed by atoms with van der Waals surface area (Å²) in [6, 6.07) is 19.9. The van der Waals surface area contributed by atoms with Crippen LogP contribution in [0.25, 0.3) is 0 Å². The van der Waals surface area contributed by atoms with Gasteiger partial charge in [0.1, 0.15) is 5.75 Å². The highest BCUT2D eigenvalue weighted by atomic mass is 16.5. The number of para-hydroxylation sites is 1. The summed E-state index contributed by atoms with van der Waals surface area (Å²) in [7, 11) is 1.74. The van der Waals surface area contributed by atoms with Crippen molar-refractivity contribution in [3.63, 3.8) is 0 Å². The van der Waals surface area contributed by atoms with Crippen LogP contribution in [-0.2, 0) is 6.42 Å². The van der Waals surface area contributed by atoms with Crippen molar-refractivity contribution in [1.29, 1.82) is 0 Å². The summed E-state index contributed by atoms with van der Waals surface area (Å²) in [6.45, 7) is 2.07. The predicted octanol–water partition coefficient (Wildman–Crippen LogP) is 3.32. The summed E-state index contributed by atoms with van der Waals surface area (Å²) in [5.41, 5.74) is 2.64. The summed E-state index contributed by atoms with van der Waals surface area (Å²) in [5, 5.41) is 7.42. The van der Waals surface area contributed by atoms with Gasteiger partial charge in [0.05, 0.1) is 7.11 Å². The maximum Gasteiger partial charge on any atom is 0.122 e. The SMILES string of the molecule is COc1ccccc1CCNC1CCCNC1c1ccccc1. The van der Waals surface area contributed by atoms with Gasteiger partial charge in [0.25, 0.3) is 0 Å². The molecule has 2 atom stereocenters. The topological polar surface area (TPSA) is 33.3 Å². The fourth-order valence-corrected chi connectivity index (χ4v) is 3.42. The first-order valence-corrected chi connectivity index (χ1v) is 8.52. The molecule has 2 aromatic rings. The van der Waals surface area contributed by atoms with E-state index in [1.54, 1.807) is 7.11 Å². The molecule has 1 aliphatic rings. The van der Waals surface area contributed by atoms with Crippen LogP contribution >= 0.6 is 0 Å². The van der Waals surface area contributed by atoms with Crippen LogP contribution in [0.2, 0.25) is 0 Å². The lowest BCUT2D eigenvalue weighted by Crippen LogP contribution is -2.46. The van der Waals surface area contributed by atoms with Gasteiger partial charge in [-0.15, -0.1) is 0 Å². The van der Waals surface area contributed by atoms with Crippen molar-refractivity contribution >= 4 is 0 Å². The second kappa shape index (κ2) is 8.14. The number of ether oxygens (including phenoxy) is 1. The average Bonchev–Trinajstić information content (AvgIpc) is 2.63. The Bertz CT molecular complexity index is 600. The Morgan fingerprint density at radius 2 is 1.87 bits per heavy atom.